The van der Waals surface area contributed by atoms with Gasteiger partial charge in [0.25, 0.3) is 5.91 Å². The maximum absolute atomic E-state index is 12.2. The first-order valence-electron chi connectivity index (χ1n) is 8.56. The summed E-state index contributed by atoms with van der Waals surface area (Å²) in [7, 11) is 0. The number of nitrogens with one attached hydrogen (secondary N) is 1. The fourth-order valence-electron chi connectivity index (χ4n) is 2.95. The third-order valence-corrected chi connectivity index (χ3v) is 4.31. The number of carbonyl (C=O) groups excluding carboxylic acids is 1. The van der Waals surface area contributed by atoms with Crippen molar-refractivity contribution in [1.29, 1.82) is 0 Å². The van der Waals surface area contributed by atoms with Crippen LogP contribution < -0.4 is 5.32 Å². The lowest BCUT2D eigenvalue weighted by Crippen LogP contribution is -2.29. The zero-order chi connectivity index (χ0) is 17.4. The molecular formula is C19H25NO4. The molecule has 0 fully saturated rings. The molecule has 1 amide bonds. The van der Waals surface area contributed by atoms with Crippen molar-refractivity contribution >= 4 is 11.9 Å². The number of rotatable bonds is 9. The summed E-state index contributed by atoms with van der Waals surface area (Å²) in [5.41, 5.74) is 0.345. The smallest absolute Gasteiger partial charge is 0.303 e. The molecule has 0 radical (unpaired) electrons. The van der Waals surface area contributed by atoms with Crippen LogP contribution in [0.2, 0.25) is 0 Å². The summed E-state index contributed by atoms with van der Waals surface area (Å²) in [6.07, 6.45) is 16.1. The van der Waals surface area contributed by atoms with Crippen LogP contribution in [0.3, 0.4) is 0 Å². The summed E-state index contributed by atoms with van der Waals surface area (Å²) in [6.45, 7) is 0.562. The minimum atomic E-state index is -0.749. The van der Waals surface area contributed by atoms with Crippen LogP contribution >= 0.6 is 0 Å². The lowest BCUT2D eigenvalue weighted by molar-refractivity contribution is -0.137. The number of fused-ring (bicyclic) bond motifs is 1. The molecule has 24 heavy (non-hydrogen) atoms. The predicted octanol–water partition coefficient (Wildman–Crippen LogP) is 3.27. The van der Waals surface area contributed by atoms with Crippen molar-refractivity contribution in [3.05, 3.63) is 47.8 Å². The van der Waals surface area contributed by atoms with Gasteiger partial charge in [-0.25, -0.2) is 0 Å². The van der Waals surface area contributed by atoms with Gasteiger partial charge in [0.15, 0.2) is 0 Å². The first kappa shape index (κ1) is 18.0. The quantitative estimate of drug-likeness (QED) is 0.566. The average molecular weight is 331 g/mol. The van der Waals surface area contributed by atoms with Crippen LogP contribution in [-0.2, 0) is 9.59 Å². The van der Waals surface area contributed by atoms with E-state index in [1.165, 1.54) is 0 Å². The molecule has 0 saturated carbocycles. The fourth-order valence-corrected chi connectivity index (χ4v) is 2.95. The molecule has 0 bridgehead atoms. The number of amides is 1. The highest BCUT2D eigenvalue weighted by atomic mass is 16.4. The van der Waals surface area contributed by atoms with Crippen LogP contribution in [0.4, 0.5) is 0 Å². The van der Waals surface area contributed by atoms with Crippen molar-refractivity contribution in [2.45, 2.75) is 38.5 Å². The molecule has 0 saturated heterocycles. The summed E-state index contributed by atoms with van der Waals surface area (Å²) in [5.74, 6) is -0.696. The van der Waals surface area contributed by atoms with Gasteiger partial charge in [-0.3, -0.25) is 9.59 Å². The van der Waals surface area contributed by atoms with Crippen LogP contribution in [0.1, 0.15) is 38.5 Å². The second-order valence-electron chi connectivity index (χ2n) is 6.22. The van der Waals surface area contributed by atoms with Gasteiger partial charge >= 0.3 is 5.97 Å². The van der Waals surface area contributed by atoms with Gasteiger partial charge in [-0.2, -0.15) is 0 Å². The number of unbranched alkanes of at least 4 members (excludes halogenated alkanes) is 4. The van der Waals surface area contributed by atoms with Gasteiger partial charge in [0, 0.05) is 24.8 Å². The number of carboxylic acids is 1. The Bertz CT molecular complexity index is 586. The zero-order valence-corrected chi connectivity index (χ0v) is 13.8. The maximum atomic E-state index is 12.2. The molecule has 2 aliphatic rings. The van der Waals surface area contributed by atoms with Gasteiger partial charge in [-0.15, -0.1) is 0 Å². The van der Waals surface area contributed by atoms with Gasteiger partial charge in [0.1, 0.15) is 5.76 Å². The van der Waals surface area contributed by atoms with Crippen LogP contribution in [-0.4, -0.2) is 28.6 Å². The minimum Gasteiger partial charge on any atom is -0.507 e. The zero-order valence-electron chi connectivity index (χ0n) is 13.8. The third kappa shape index (κ3) is 5.41. The summed E-state index contributed by atoms with van der Waals surface area (Å²) >= 11 is 0. The SMILES string of the molecule is O=C(O)CCCCCCCNC(=O)C1=CC2C=CC=CC2C=C1O. The summed E-state index contributed by atoms with van der Waals surface area (Å²) < 4.78 is 0. The first-order valence-corrected chi connectivity index (χ1v) is 8.56. The Labute approximate surface area is 142 Å². The second kappa shape index (κ2) is 9.11. The molecule has 2 atom stereocenters. The highest BCUT2D eigenvalue weighted by molar-refractivity contribution is 5.97. The molecular weight excluding hydrogens is 306 g/mol. The second-order valence-corrected chi connectivity index (χ2v) is 6.22. The number of aliphatic hydroxyl groups excluding tert-OH is 1. The van der Waals surface area contributed by atoms with E-state index in [9.17, 15) is 14.7 Å². The lowest BCUT2D eigenvalue weighted by Gasteiger charge is -2.24. The number of hydrogen-bond acceptors (Lipinski definition) is 3. The number of hydrogen-bond donors (Lipinski definition) is 3. The Morgan fingerprint density at radius 1 is 0.958 bits per heavy atom. The monoisotopic (exact) mass is 331 g/mol. The Kier molecular flexibility index (Phi) is 6.85. The van der Waals surface area contributed by atoms with E-state index in [-0.39, 0.29) is 29.9 Å². The number of aliphatic carboxylic acids is 1. The van der Waals surface area contributed by atoms with E-state index in [1.54, 1.807) is 6.08 Å². The van der Waals surface area contributed by atoms with E-state index < -0.39 is 5.97 Å². The van der Waals surface area contributed by atoms with Gasteiger partial charge in [0.05, 0.1) is 5.57 Å². The number of aliphatic hydroxyl groups is 1. The van der Waals surface area contributed by atoms with Gasteiger partial charge in [0.2, 0.25) is 0 Å². The van der Waals surface area contributed by atoms with Crippen molar-refractivity contribution in [1.82, 2.24) is 5.32 Å². The van der Waals surface area contributed by atoms with Crippen LogP contribution in [0.5, 0.6) is 0 Å². The van der Waals surface area contributed by atoms with E-state index in [2.05, 4.69) is 5.32 Å². The Morgan fingerprint density at radius 3 is 2.29 bits per heavy atom. The highest BCUT2D eigenvalue weighted by Crippen LogP contribution is 2.30. The van der Waals surface area contributed by atoms with Crippen molar-refractivity contribution < 1.29 is 19.8 Å². The molecule has 0 aromatic rings. The molecule has 0 spiro atoms. The minimum absolute atomic E-state index is 0.0439. The molecule has 5 heteroatoms. The van der Waals surface area contributed by atoms with Gasteiger partial charge in [-0.1, -0.05) is 49.6 Å². The Morgan fingerprint density at radius 2 is 1.58 bits per heavy atom. The van der Waals surface area contributed by atoms with E-state index in [4.69, 9.17) is 5.11 Å². The van der Waals surface area contributed by atoms with Crippen molar-refractivity contribution in [3.8, 4) is 0 Å². The number of carboxylic acid groups (broad SMARTS) is 1. The van der Waals surface area contributed by atoms with E-state index >= 15 is 0 Å². The summed E-state index contributed by atoms with van der Waals surface area (Å²) in [5, 5.41) is 21.4. The molecule has 0 aromatic heterocycles. The summed E-state index contributed by atoms with van der Waals surface area (Å²) in [6, 6.07) is 0. The Hall–Kier alpha value is -2.30. The molecule has 2 aliphatic carbocycles. The van der Waals surface area contributed by atoms with Crippen molar-refractivity contribution in [2.24, 2.45) is 11.8 Å². The van der Waals surface area contributed by atoms with Crippen LogP contribution in [0.15, 0.2) is 47.8 Å². The Balaban J connectivity index is 1.67. The molecule has 130 valence electrons. The van der Waals surface area contributed by atoms with E-state index in [1.807, 2.05) is 30.4 Å². The molecule has 3 N–H and O–H groups in total. The molecule has 5 nitrogen and oxygen atoms in total. The normalized spacial score (nSPS) is 21.7. The maximum Gasteiger partial charge on any atom is 0.303 e. The molecule has 0 aromatic carbocycles. The largest absolute Gasteiger partial charge is 0.507 e. The van der Waals surface area contributed by atoms with Gasteiger partial charge < -0.3 is 15.5 Å². The fraction of sp³-hybridized carbons (Fsp3) is 0.474. The van der Waals surface area contributed by atoms with E-state index in [0.29, 0.717) is 18.5 Å². The van der Waals surface area contributed by atoms with Gasteiger partial charge in [-0.05, 0) is 18.9 Å². The van der Waals surface area contributed by atoms with Crippen LogP contribution in [0.25, 0.3) is 0 Å². The number of allylic oxidation sites excluding steroid dienone is 6. The molecule has 0 heterocycles. The standard InChI is InChI=1S/C19H25NO4/c21-17-13-15-9-6-5-8-14(15)12-16(17)19(24)20-11-7-3-1-2-4-10-18(22)23/h5-6,8-9,12-15,21H,1-4,7,10-11H2,(H,20,24)(H,22,23). The third-order valence-electron chi connectivity index (χ3n) is 4.31. The topological polar surface area (TPSA) is 86.6 Å². The van der Waals surface area contributed by atoms with Crippen molar-refractivity contribution in [2.75, 3.05) is 6.54 Å². The van der Waals surface area contributed by atoms with E-state index in [0.717, 1.165) is 25.7 Å². The highest BCUT2D eigenvalue weighted by Gasteiger charge is 2.25. The van der Waals surface area contributed by atoms with Crippen molar-refractivity contribution in [3.63, 3.8) is 0 Å². The molecule has 2 unspecified atom stereocenters. The van der Waals surface area contributed by atoms with Crippen LogP contribution in [0, 0.1) is 11.8 Å². The summed E-state index contributed by atoms with van der Waals surface area (Å²) in [4.78, 5) is 22.6. The molecule has 0 aliphatic heterocycles. The number of carbonyl (C=O) groups is 2. The lowest BCUT2D eigenvalue weighted by atomic mass is 9.82. The molecule has 2 rings (SSSR count). The predicted molar refractivity (Wildman–Crippen MR) is 92.4 cm³/mol. The first-order chi connectivity index (χ1) is 11.6. The average Bonchev–Trinajstić information content (AvgIpc) is 2.56.